The van der Waals surface area contributed by atoms with E-state index in [0.29, 0.717) is 5.15 Å². The summed E-state index contributed by atoms with van der Waals surface area (Å²) in [6.07, 6.45) is 5.12. The lowest BCUT2D eigenvalue weighted by atomic mass is 10.2. The zero-order valence-corrected chi connectivity index (χ0v) is 15.8. The molecule has 0 saturated carbocycles. The molecule has 1 rings (SSSR count). The summed E-state index contributed by atoms with van der Waals surface area (Å²) in [6.45, 7) is 8.31. The van der Waals surface area contributed by atoms with Gasteiger partial charge in [-0.25, -0.2) is 0 Å². The molecule has 7 heteroatoms. The zero-order valence-electron chi connectivity index (χ0n) is 15.0. The van der Waals surface area contributed by atoms with Crippen LogP contribution in [-0.4, -0.2) is 46.3 Å². The topological polar surface area (TPSA) is 64.4 Å². The molecule has 0 bridgehead atoms. The van der Waals surface area contributed by atoms with Crippen molar-refractivity contribution in [3.63, 3.8) is 0 Å². The first kappa shape index (κ1) is 20.2. The molecule has 24 heavy (non-hydrogen) atoms. The van der Waals surface area contributed by atoms with Gasteiger partial charge in [-0.1, -0.05) is 24.9 Å². The number of halogens is 1. The second-order valence-electron chi connectivity index (χ2n) is 5.84. The van der Waals surface area contributed by atoms with E-state index in [4.69, 9.17) is 11.6 Å². The fourth-order valence-electron chi connectivity index (χ4n) is 2.18. The van der Waals surface area contributed by atoms with Gasteiger partial charge in [0.05, 0.1) is 12.8 Å². The third-order valence-electron chi connectivity index (χ3n) is 3.66. The Morgan fingerprint density at radius 3 is 2.62 bits per heavy atom. The summed E-state index contributed by atoms with van der Waals surface area (Å²) in [5.41, 5.74) is 1.49. The quantitative estimate of drug-likeness (QED) is 0.531. The van der Waals surface area contributed by atoms with E-state index in [1.165, 1.54) is 18.1 Å². The van der Waals surface area contributed by atoms with E-state index in [9.17, 15) is 9.59 Å². The maximum absolute atomic E-state index is 12.4. The second kappa shape index (κ2) is 9.47. The summed E-state index contributed by atoms with van der Waals surface area (Å²) in [4.78, 5) is 25.3. The number of hydrogen-bond donors (Lipinski definition) is 0. The average Bonchev–Trinajstić information content (AvgIpc) is 2.81. The Balaban J connectivity index is 2.92. The van der Waals surface area contributed by atoms with Crippen molar-refractivity contribution in [3.05, 3.63) is 22.5 Å². The number of aryl methyl sites for hydroxylation is 2. The van der Waals surface area contributed by atoms with Gasteiger partial charge in [-0.2, -0.15) is 5.10 Å². The van der Waals surface area contributed by atoms with Gasteiger partial charge in [-0.05, 0) is 33.3 Å². The smallest absolute Gasteiger partial charge is 0.325 e. The Morgan fingerprint density at radius 2 is 2.08 bits per heavy atom. The number of methoxy groups -OCH3 is 1. The van der Waals surface area contributed by atoms with Crippen molar-refractivity contribution in [1.82, 2.24) is 14.7 Å². The number of unbranched alkanes of at least 4 members (excludes halogenated alkanes) is 1. The third-order valence-corrected chi connectivity index (χ3v) is 4.06. The number of hydrogen-bond acceptors (Lipinski definition) is 4. The van der Waals surface area contributed by atoms with Crippen molar-refractivity contribution >= 4 is 29.6 Å². The summed E-state index contributed by atoms with van der Waals surface area (Å²) in [5.74, 6) is -0.723. The maximum Gasteiger partial charge on any atom is 0.325 e. The molecule has 0 spiro atoms. The predicted octanol–water partition coefficient (Wildman–Crippen LogP) is 3.07. The SMILES string of the molecule is CCCCn1nc(C)c(C=CC(=O)N(CC(=O)OC)C(C)C)c1Cl. The third kappa shape index (κ3) is 5.37. The molecule has 1 aromatic heterocycles. The van der Waals surface area contributed by atoms with Gasteiger partial charge in [0.1, 0.15) is 11.7 Å². The van der Waals surface area contributed by atoms with Crippen molar-refractivity contribution < 1.29 is 14.3 Å². The number of esters is 1. The van der Waals surface area contributed by atoms with Crippen LogP contribution in [0.3, 0.4) is 0 Å². The first-order chi connectivity index (χ1) is 11.3. The molecule has 0 unspecified atom stereocenters. The van der Waals surface area contributed by atoms with Crippen LogP contribution >= 0.6 is 11.6 Å². The van der Waals surface area contributed by atoms with Gasteiger partial charge in [-0.15, -0.1) is 0 Å². The molecular formula is C17H26ClN3O3. The summed E-state index contributed by atoms with van der Waals surface area (Å²) >= 11 is 6.35. The highest BCUT2D eigenvalue weighted by atomic mass is 35.5. The zero-order chi connectivity index (χ0) is 18.3. The predicted molar refractivity (Wildman–Crippen MR) is 94.8 cm³/mol. The van der Waals surface area contributed by atoms with E-state index < -0.39 is 5.97 Å². The maximum atomic E-state index is 12.4. The highest BCUT2D eigenvalue weighted by Gasteiger charge is 2.19. The summed E-state index contributed by atoms with van der Waals surface area (Å²) in [7, 11) is 1.30. The van der Waals surface area contributed by atoms with Gasteiger partial charge < -0.3 is 9.64 Å². The lowest BCUT2D eigenvalue weighted by molar-refractivity contribution is -0.146. The van der Waals surface area contributed by atoms with Crippen molar-refractivity contribution in [2.24, 2.45) is 0 Å². The number of aromatic nitrogens is 2. The monoisotopic (exact) mass is 355 g/mol. The summed E-state index contributed by atoms with van der Waals surface area (Å²) < 4.78 is 6.38. The Bertz CT molecular complexity index is 608. The molecule has 1 amide bonds. The largest absolute Gasteiger partial charge is 0.468 e. The highest BCUT2D eigenvalue weighted by molar-refractivity contribution is 6.31. The lowest BCUT2D eigenvalue weighted by Gasteiger charge is -2.23. The van der Waals surface area contributed by atoms with Gasteiger partial charge in [0, 0.05) is 24.2 Å². The van der Waals surface area contributed by atoms with Crippen LogP contribution < -0.4 is 0 Å². The van der Waals surface area contributed by atoms with E-state index in [1.807, 2.05) is 20.8 Å². The van der Waals surface area contributed by atoms with Crippen molar-refractivity contribution in [2.75, 3.05) is 13.7 Å². The Morgan fingerprint density at radius 1 is 1.42 bits per heavy atom. The van der Waals surface area contributed by atoms with Crippen LogP contribution in [0.15, 0.2) is 6.08 Å². The van der Waals surface area contributed by atoms with Crippen molar-refractivity contribution in [3.8, 4) is 0 Å². The van der Waals surface area contributed by atoms with Crippen LogP contribution in [0.5, 0.6) is 0 Å². The lowest BCUT2D eigenvalue weighted by Crippen LogP contribution is -2.40. The molecule has 1 aromatic rings. The molecular weight excluding hydrogens is 330 g/mol. The number of carbonyl (C=O) groups excluding carboxylic acids is 2. The van der Waals surface area contributed by atoms with E-state index in [2.05, 4.69) is 16.8 Å². The molecule has 0 atom stereocenters. The normalized spacial score (nSPS) is 11.3. The summed E-state index contributed by atoms with van der Waals surface area (Å²) in [5, 5.41) is 4.92. The molecule has 0 aliphatic carbocycles. The summed E-state index contributed by atoms with van der Waals surface area (Å²) in [6, 6.07) is -0.120. The number of ether oxygens (including phenoxy) is 1. The van der Waals surface area contributed by atoms with Gasteiger partial charge in [0.15, 0.2) is 0 Å². The molecule has 0 saturated heterocycles. The van der Waals surface area contributed by atoms with Gasteiger partial charge in [-0.3, -0.25) is 14.3 Å². The standard InChI is InChI=1S/C17H26ClN3O3/c1-6-7-10-21-17(18)14(13(4)19-21)8-9-15(22)20(12(2)3)11-16(23)24-5/h8-9,12H,6-7,10-11H2,1-5H3. The molecule has 1 heterocycles. The molecule has 0 aliphatic rings. The first-order valence-corrected chi connectivity index (χ1v) is 8.48. The van der Waals surface area contributed by atoms with Gasteiger partial charge >= 0.3 is 5.97 Å². The van der Waals surface area contributed by atoms with Crippen molar-refractivity contribution in [2.45, 2.75) is 53.1 Å². The number of amides is 1. The van der Waals surface area contributed by atoms with Crippen LogP contribution in [0.4, 0.5) is 0 Å². The molecule has 0 aromatic carbocycles. The highest BCUT2D eigenvalue weighted by Crippen LogP contribution is 2.22. The minimum Gasteiger partial charge on any atom is -0.468 e. The number of carbonyl (C=O) groups is 2. The Labute approximate surface area is 148 Å². The van der Waals surface area contributed by atoms with Crippen LogP contribution in [0.25, 0.3) is 6.08 Å². The van der Waals surface area contributed by atoms with E-state index in [0.717, 1.165) is 30.6 Å². The number of rotatable bonds is 8. The fraction of sp³-hybridized carbons (Fsp3) is 0.588. The molecule has 0 fully saturated rings. The van der Waals surface area contributed by atoms with Gasteiger partial charge in [0.25, 0.3) is 0 Å². The van der Waals surface area contributed by atoms with Crippen LogP contribution in [-0.2, 0) is 20.9 Å². The minimum atomic E-state index is -0.452. The van der Waals surface area contributed by atoms with E-state index >= 15 is 0 Å². The van der Waals surface area contributed by atoms with Crippen LogP contribution in [0.1, 0.15) is 44.9 Å². The fourth-order valence-corrected chi connectivity index (χ4v) is 2.50. The minimum absolute atomic E-state index is 0.0835. The Hall–Kier alpha value is -1.82. The van der Waals surface area contributed by atoms with E-state index in [-0.39, 0.29) is 18.5 Å². The Kier molecular flexibility index (Phi) is 7.98. The van der Waals surface area contributed by atoms with Gasteiger partial charge in [0.2, 0.25) is 5.91 Å². The van der Waals surface area contributed by atoms with E-state index in [1.54, 1.807) is 10.8 Å². The van der Waals surface area contributed by atoms with Crippen LogP contribution in [0.2, 0.25) is 5.15 Å². The second-order valence-corrected chi connectivity index (χ2v) is 6.19. The molecule has 0 aliphatic heterocycles. The average molecular weight is 356 g/mol. The van der Waals surface area contributed by atoms with Crippen molar-refractivity contribution in [1.29, 1.82) is 0 Å². The van der Waals surface area contributed by atoms with Crippen LogP contribution in [0, 0.1) is 6.92 Å². The molecule has 0 N–H and O–H groups in total. The molecule has 6 nitrogen and oxygen atoms in total. The molecule has 0 radical (unpaired) electrons. The number of nitrogens with zero attached hydrogens (tertiary/aromatic N) is 3. The molecule has 134 valence electrons. The first-order valence-electron chi connectivity index (χ1n) is 8.10.